The van der Waals surface area contributed by atoms with E-state index in [0.717, 1.165) is 11.4 Å². The van der Waals surface area contributed by atoms with Gasteiger partial charge in [0.05, 0.1) is 13.9 Å². The van der Waals surface area contributed by atoms with Crippen LogP contribution in [0, 0.1) is 19.9 Å². The first-order valence-corrected chi connectivity index (χ1v) is 11.5. The van der Waals surface area contributed by atoms with E-state index in [2.05, 4.69) is 67.3 Å². The summed E-state index contributed by atoms with van der Waals surface area (Å²) in [6, 6.07) is 16.0. The Balaban J connectivity index is 0.00000208. The summed E-state index contributed by atoms with van der Waals surface area (Å²) < 4.78 is 2.19. The average Bonchev–Trinajstić information content (AvgIpc) is 2.95. The predicted molar refractivity (Wildman–Crippen MR) is 100 cm³/mol. The van der Waals surface area contributed by atoms with Crippen LogP contribution in [0.25, 0.3) is 17.1 Å². The monoisotopic (exact) mass is 512 g/mol. The van der Waals surface area contributed by atoms with Crippen LogP contribution in [0.4, 0.5) is 0 Å². The second-order valence-electron chi connectivity index (χ2n) is 7.11. The Bertz CT molecular complexity index is 809. The molecule has 2 aromatic carbocycles. The summed E-state index contributed by atoms with van der Waals surface area (Å²) in [7, 11) is -1.31. The second-order valence-corrected chi connectivity index (χ2v) is 12.2. The minimum atomic E-state index is -1.31. The van der Waals surface area contributed by atoms with Gasteiger partial charge >= 0.3 is 0 Å². The van der Waals surface area contributed by atoms with Gasteiger partial charge in [0.25, 0.3) is 0 Å². The number of nitrogens with zero attached hydrogens (tertiary/aromatic N) is 2. The first-order valence-electron chi connectivity index (χ1n) is 8.00. The first-order chi connectivity index (χ1) is 10.9. The Morgan fingerprint density at radius 1 is 1.04 bits per heavy atom. The maximum absolute atomic E-state index is 4.56. The molecule has 2 nitrogen and oxygen atoms in total. The number of rotatable bonds is 3. The van der Waals surface area contributed by atoms with Gasteiger partial charge < -0.3 is 4.57 Å². The number of imidazole rings is 1. The molecule has 1 heterocycles. The largest absolute Gasteiger partial charge is 0.340 e. The van der Waals surface area contributed by atoms with Crippen molar-refractivity contribution in [3.63, 3.8) is 0 Å². The van der Waals surface area contributed by atoms with E-state index in [1.807, 2.05) is 30.6 Å². The number of hydrogen-bond acceptors (Lipinski definition) is 1. The standard InChI is InChI=1S/C20H23N2Si.Ir/c1-15-13-18(23(3,4)5)14-16(2)19(15)22-12-11-21-20(22)17-9-7-6-8-10-17;/h6-9,11-14H,1-5H3;/q-1;. The molecule has 0 saturated carbocycles. The summed E-state index contributed by atoms with van der Waals surface area (Å²) in [4.78, 5) is 4.56. The maximum atomic E-state index is 4.56. The molecule has 0 N–H and O–H groups in total. The molecule has 0 amide bonds. The van der Waals surface area contributed by atoms with Crippen LogP contribution >= 0.6 is 0 Å². The van der Waals surface area contributed by atoms with Gasteiger partial charge in [0, 0.05) is 38.2 Å². The molecule has 0 aliphatic rings. The Morgan fingerprint density at radius 2 is 1.71 bits per heavy atom. The second kappa shape index (κ2) is 7.18. The van der Waals surface area contributed by atoms with E-state index in [1.165, 1.54) is 22.0 Å². The zero-order valence-corrected chi connectivity index (χ0v) is 18.2. The van der Waals surface area contributed by atoms with Crippen molar-refractivity contribution >= 4 is 13.3 Å². The Labute approximate surface area is 159 Å². The Morgan fingerprint density at radius 3 is 2.25 bits per heavy atom. The predicted octanol–water partition coefficient (Wildman–Crippen LogP) is 4.50. The van der Waals surface area contributed by atoms with Crippen LogP contribution in [0.1, 0.15) is 11.1 Å². The molecule has 0 aliphatic carbocycles. The van der Waals surface area contributed by atoms with Crippen LogP contribution in [-0.2, 0) is 20.1 Å². The Hall–Kier alpha value is -1.48. The van der Waals surface area contributed by atoms with E-state index in [4.69, 9.17) is 0 Å². The van der Waals surface area contributed by atoms with E-state index in [0.29, 0.717) is 0 Å². The molecule has 1 aromatic heterocycles. The van der Waals surface area contributed by atoms with Gasteiger partial charge in [-0.1, -0.05) is 37.0 Å². The molecule has 0 bridgehead atoms. The molecule has 1 radical (unpaired) electrons. The third-order valence-corrected chi connectivity index (χ3v) is 6.21. The van der Waals surface area contributed by atoms with Crippen molar-refractivity contribution in [2.24, 2.45) is 0 Å². The molecule has 127 valence electrons. The summed E-state index contributed by atoms with van der Waals surface area (Å²) in [5.41, 5.74) is 4.86. The third-order valence-electron chi connectivity index (χ3n) is 4.19. The smallest absolute Gasteiger partial charge is 0.0776 e. The van der Waals surface area contributed by atoms with E-state index < -0.39 is 8.07 Å². The van der Waals surface area contributed by atoms with Gasteiger partial charge in [-0.25, -0.2) is 0 Å². The maximum Gasteiger partial charge on any atom is 0.0776 e. The Kier molecular flexibility index (Phi) is 5.64. The summed E-state index contributed by atoms with van der Waals surface area (Å²) >= 11 is 0. The number of hydrogen-bond donors (Lipinski definition) is 0. The quantitative estimate of drug-likeness (QED) is 0.374. The topological polar surface area (TPSA) is 17.8 Å². The molecule has 0 aliphatic heterocycles. The fourth-order valence-corrected chi connectivity index (χ4v) is 4.28. The van der Waals surface area contributed by atoms with Gasteiger partial charge in [0.15, 0.2) is 0 Å². The van der Waals surface area contributed by atoms with Crippen molar-refractivity contribution in [3.8, 4) is 17.1 Å². The SMILES string of the molecule is Cc1cc([Si](C)(C)C)cc(C)c1-n1ccnc1-c1[c-]cccc1.[Ir]. The molecule has 0 saturated heterocycles. The first kappa shape index (κ1) is 18.8. The van der Waals surface area contributed by atoms with Crippen LogP contribution < -0.4 is 5.19 Å². The molecule has 0 fully saturated rings. The van der Waals surface area contributed by atoms with Gasteiger partial charge in [-0.2, -0.15) is 0 Å². The third kappa shape index (κ3) is 3.61. The van der Waals surface area contributed by atoms with Crippen molar-refractivity contribution in [2.45, 2.75) is 33.5 Å². The van der Waals surface area contributed by atoms with Crippen molar-refractivity contribution in [1.82, 2.24) is 9.55 Å². The normalized spacial score (nSPS) is 11.2. The van der Waals surface area contributed by atoms with Gasteiger partial charge in [-0.05, 0) is 25.0 Å². The van der Waals surface area contributed by atoms with Gasteiger partial charge in [-0.3, -0.25) is 4.98 Å². The van der Waals surface area contributed by atoms with Crippen LogP contribution in [0.3, 0.4) is 0 Å². The number of aromatic nitrogens is 2. The average molecular weight is 512 g/mol. The van der Waals surface area contributed by atoms with Crippen molar-refractivity contribution in [3.05, 3.63) is 66.0 Å². The van der Waals surface area contributed by atoms with Crippen LogP contribution in [0.2, 0.25) is 19.6 Å². The number of aryl methyl sites for hydroxylation is 2. The van der Waals surface area contributed by atoms with Crippen molar-refractivity contribution in [2.75, 3.05) is 0 Å². The minimum Gasteiger partial charge on any atom is -0.340 e. The minimum absolute atomic E-state index is 0. The van der Waals surface area contributed by atoms with E-state index in [1.54, 1.807) is 0 Å². The van der Waals surface area contributed by atoms with Gasteiger partial charge in [-0.15, -0.1) is 35.9 Å². The van der Waals surface area contributed by atoms with E-state index >= 15 is 0 Å². The summed E-state index contributed by atoms with van der Waals surface area (Å²) in [5.74, 6) is 0.942. The summed E-state index contributed by atoms with van der Waals surface area (Å²) in [6.07, 6.45) is 3.90. The molecule has 0 unspecified atom stereocenters. The zero-order valence-electron chi connectivity index (χ0n) is 14.8. The molecule has 24 heavy (non-hydrogen) atoms. The van der Waals surface area contributed by atoms with E-state index in [-0.39, 0.29) is 20.1 Å². The fourth-order valence-electron chi connectivity index (χ4n) is 2.98. The van der Waals surface area contributed by atoms with Gasteiger partial charge in [0.2, 0.25) is 0 Å². The van der Waals surface area contributed by atoms with Crippen LogP contribution in [0.5, 0.6) is 0 Å². The van der Waals surface area contributed by atoms with Crippen molar-refractivity contribution in [1.29, 1.82) is 0 Å². The molecule has 4 heteroatoms. The van der Waals surface area contributed by atoms with Crippen molar-refractivity contribution < 1.29 is 20.1 Å². The molecule has 0 atom stereocenters. The van der Waals surface area contributed by atoms with Gasteiger partial charge in [0.1, 0.15) is 0 Å². The molecule has 3 rings (SSSR count). The molecule has 0 spiro atoms. The summed E-state index contributed by atoms with van der Waals surface area (Å²) in [5, 5.41) is 1.50. The summed E-state index contributed by atoms with van der Waals surface area (Å²) in [6.45, 7) is 11.6. The fraction of sp³-hybridized carbons (Fsp3) is 0.250. The van der Waals surface area contributed by atoms with E-state index in [9.17, 15) is 0 Å². The molecule has 3 aromatic rings. The van der Waals surface area contributed by atoms with Crippen LogP contribution in [-0.4, -0.2) is 17.6 Å². The zero-order chi connectivity index (χ0) is 16.6. The molecular weight excluding hydrogens is 489 g/mol. The van der Waals surface area contributed by atoms with Crippen LogP contribution in [0.15, 0.2) is 48.8 Å². The molecular formula is C20H23IrN2Si-. The number of benzene rings is 2.